The highest BCUT2D eigenvalue weighted by molar-refractivity contribution is 6.42. The zero-order chi connectivity index (χ0) is 20.5. The molecule has 2 heterocycles. The summed E-state index contributed by atoms with van der Waals surface area (Å²) in [7, 11) is 0. The number of hydrogen-bond donors (Lipinski definition) is 0. The van der Waals surface area contributed by atoms with E-state index in [1.807, 2.05) is 24.3 Å². The van der Waals surface area contributed by atoms with Gasteiger partial charge in [0.2, 0.25) is 0 Å². The third-order valence-electron chi connectivity index (χ3n) is 4.56. The van der Waals surface area contributed by atoms with Gasteiger partial charge in [-0.2, -0.15) is 0 Å². The van der Waals surface area contributed by atoms with E-state index in [1.165, 1.54) is 10.6 Å². The number of benzene rings is 2. The predicted octanol–water partition coefficient (Wildman–Crippen LogP) is 3.89. The smallest absolute Gasteiger partial charge is 0.320 e. The summed E-state index contributed by atoms with van der Waals surface area (Å²) in [6.07, 6.45) is 3.06. The number of para-hydroxylation sites is 1. The van der Waals surface area contributed by atoms with Crippen molar-refractivity contribution in [2.45, 2.75) is 13.1 Å². The Morgan fingerprint density at radius 1 is 1.03 bits per heavy atom. The minimum atomic E-state index is -0.464. The van der Waals surface area contributed by atoms with E-state index in [9.17, 15) is 9.59 Å². The number of halogens is 2. The SMILES string of the molecule is C=CCn1c(=O)c2c(ncn2Cc2ccc(Cl)c(Cl)c2)n(-c2ccccc2)c1=O. The molecule has 6 nitrogen and oxygen atoms in total. The molecule has 0 amide bonds. The highest BCUT2D eigenvalue weighted by Gasteiger charge is 2.18. The summed E-state index contributed by atoms with van der Waals surface area (Å²) >= 11 is 12.1. The molecule has 0 bridgehead atoms. The molecule has 146 valence electrons. The van der Waals surface area contributed by atoms with Crippen LogP contribution in [0.4, 0.5) is 0 Å². The topological polar surface area (TPSA) is 61.8 Å². The molecule has 0 fully saturated rings. The Labute approximate surface area is 175 Å². The summed E-state index contributed by atoms with van der Waals surface area (Å²) in [5.74, 6) is 0. The molecule has 0 aliphatic carbocycles. The maximum atomic E-state index is 13.1. The molecule has 0 atom stereocenters. The van der Waals surface area contributed by atoms with E-state index < -0.39 is 11.2 Å². The van der Waals surface area contributed by atoms with Crippen LogP contribution < -0.4 is 11.2 Å². The number of rotatable bonds is 5. The van der Waals surface area contributed by atoms with E-state index >= 15 is 0 Å². The van der Waals surface area contributed by atoms with Crippen LogP contribution in [0, 0.1) is 0 Å². The second-order valence-corrected chi connectivity index (χ2v) is 7.27. The molecule has 0 unspecified atom stereocenters. The van der Waals surface area contributed by atoms with Gasteiger partial charge in [0, 0.05) is 13.1 Å². The number of allylic oxidation sites excluding steroid dienone is 1. The van der Waals surface area contributed by atoms with Crippen molar-refractivity contribution in [1.82, 2.24) is 18.7 Å². The molecule has 0 N–H and O–H groups in total. The van der Waals surface area contributed by atoms with Crippen LogP contribution in [-0.2, 0) is 13.1 Å². The lowest BCUT2D eigenvalue weighted by molar-refractivity contribution is 0.690. The first-order chi connectivity index (χ1) is 14.0. The molecular weight excluding hydrogens is 411 g/mol. The Bertz CT molecular complexity index is 1340. The monoisotopic (exact) mass is 426 g/mol. The lowest BCUT2D eigenvalue weighted by Crippen LogP contribution is -2.39. The van der Waals surface area contributed by atoms with Gasteiger partial charge in [-0.3, -0.25) is 9.36 Å². The van der Waals surface area contributed by atoms with E-state index in [1.54, 1.807) is 35.2 Å². The van der Waals surface area contributed by atoms with Gasteiger partial charge < -0.3 is 4.57 Å². The standard InChI is InChI=1S/C21H16Cl2N4O2/c1-2-10-26-20(28)18-19(27(21(26)29)15-6-4-3-5-7-15)24-13-25(18)12-14-8-9-16(22)17(23)11-14/h2-9,11,13H,1,10,12H2. The lowest BCUT2D eigenvalue weighted by atomic mass is 10.2. The lowest BCUT2D eigenvalue weighted by Gasteiger charge is -2.12. The van der Waals surface area contributed by atoms with Gasteiger partial charge in [-0.15, -0.1) is 6.58 Å². The highest BCUT2D eigenvalue weighted by atomic mass is 35.5. The molecule has 0 saturated carbocycles. The summed E-state index contributed by atoms with van der Waals surface area (Å²) in [4.78, 5) is 30.5. The van der Waals surface area contributed by atoms with Gasteiger partial charge in [0.15, 0.2) is 11.2 Å². The van der Waals surface area contributed by atoms with Crippen molar-refractivity contribution in [3.63, 3.8) is 0 Å². The van der Waals surface area contributed by atoms with E-state index in [4.69, 9.17) is 23.2 Å². The van der Waals surface area contributed by atoms with E-state index in [0.29, 0.717) is 33.4 Å². The minimum Gasteiger partial charge on any atom is -0.320 e. The molecule has 2 aromatic carbocycles. The molecule has 0 aliphatic rings. The zero-order valence-corrected chi connectivity index (χ0v) is 16.8. The van der Waals surface area contributed by atoms with Crippen LogP contribution in [-0.4, -0.2) is 18.7 Å². The highest BCUT2D eigenvalue weighted by Crippen LogP contribution is 2.23. The molecule has 8 heteroatoms. The normalized spacial score (nSPS) is 11.1. The fraction of sp³-hybridized carbons (Fsp3) is 0.0952. The first kappa shape index (κ1) is 19.2. The molecule has 29 heavy (non-hydrogen) atoms. The first-order valence-electron chi connectivity index (χ1n) is 8.82. The third-order valence-corrected chi connectivity index (χ3v) is 5.30. The van der Waals surface area contributed by atoms with Crippen LogP contribution >= 0.6 is 23.2 Å². The van der Waals surface area contributed by atoms with Crippen LogP contribution in [0.15, 0.2) is 77.1 Å². The van der Waals surface area contributed by atoms with Crippen LogP contribution in [0.25, 0.3) is 16.9 Å². The summed E-state index contributed by atoms with van der Waals surface area (Å²) in [5, 5.41) is 0.885. The van der Waals surface area contributed by atoms with E-state index in [2.05, 4.69) is 11.6 Å². The van der Waals surface area contributed by atoms with E-state index in [0.717, 1.165) is 10.1 Å². The molecule has 0 spiro atoms. The maximum Gasteiger partial charge on any atom is 0.337 e. The Kier molecular flexibility index (Phi) is 5.13. The van der Waals surface area contributed by atoms with Crippen molar-refractivity contribution in [2.24, 2.45) is 0 Å². The maximum absolute atomic E-state index is 13.1. The molecular formula is C21H16Cl2N4O2. The number of nitrogens with zero attached hydrogens (tertiary/aromatic N) is 4. The quantitative estimate of drug-likeness (QED) is 0.454. The van der Waals surface area contributed by atoms with Gasteiger partial charge in [-0.25, -0.2) is 14.3 Å². The number of aromatic nitrogens is 4. The van der Waals surface area contributed by atoms with Gasteiger partial charge in [0.25, 0.3) is 5.56 Å². The Morgan fingerprint density at radius 3 is 2.48 bits per heavy atom. The van der Waals surface area contributed by atoms with Gasteiger partial charge in [-0.05, 0) is 29.8 Å². The molecule has 4 rings (SSSR count). The average molecular weight is 427 g/mol. The van der Waals surface area contributed by atoms with Crippen molar-refractivity contribution in [2.75, 3.05) is 0 Å². The molecule has 0 aliphatic heterocycles. The molecule has 0 saturated heterocycles. The largest absolute Gasteiger partial charge is 0.337 e. The van der Waals surface area contributed by atoms with Crippen molar-refractivity contribution >= 4 is 34.4 Å². The average Bonchev–Trinajstić information content (AvgIpc) is 3.12. The number of imidazole rings is 1. The van der Waals surface area contributed by atoms with Gasteiger partial charge in [0.1, 0.15) is 0 Å². The number of fused-ring (bicyclic) bond motifs is 1. The van der Waals surface area contributed by atoms with Crippen LogP contribution in [0.3, 0.4) is 0 Å². The molecule has 2 aromatic heterocycles. The van der Waals surface area contributed by atoms with Crippen molar-refractivity contribution < 1.29 is 0 Å². The van der Waals surface area contributed by atoms with Crippen LogP contribution in [0.2, 0.25) is 10.0 Å². The Balaban J connectivity index is 1.98. The number of hydrogen-bond acceptors (Lipinski definition) is 3. The fourth-order valence-electron chi connectivity index (χ4n) is 3.23. The summed E-state index contributed by atoms with van der Waals surface area (Å²) < 4.78 is 4.29. The van der Waals surface area contributed by atoms with Gasteiger partial charge in [-0.1, -0.05) is 53.5 Å². The van der Waals surface area contributed by atoms with Crippen molar-refractivity contribution in [3.8, 4) is 5.69 Å². The van der Waals surface area contributed by atoms with Crippen molar-refractivity contribution in [1.29, 1.82) is 0 Å². The minimum absolute atomic E-state index is 0.0956. The van der Waals surface area contributed by atoms with Crippen LogP contribution in [0.5, 0.6) is 0 Å². The third kappa shape index (κ3) is 3.41. The summed E-state index contributed by atoms with van der Waals surface area (Å²) in [6.45, 7) is 4.11. The predicted molar refractivity (Wildman–Crippen MR) is 115 cm³/mol. The zero-order valence-electron chi connectivity index (χ0n) is 15.3. The van der Waals surface area contributed by atoms with E-state index in [-0.39, 0.29) is 6.54 Å². The first-order valence-corrected chi connectivity index (χ1v) is 9.58. The summed E-state index contributed by atoms with van der Waals surface area (Å²) in [6, 6.07) is 14.4. The van der Waals surface area contributed by atoms with Crippen LogP contribution in [0.1, 0.15) is 5.56 Å². The second kappa shape index (κ2) is 7.73. The molecule has 4 aromatic rings. The fourth-order valence-corrected chi connectivity index (χ4v) is 3.55. The molecule has 0 radical (unpaired) electrons. The Hall–Kier alpha value is -3.09. The van der Waals surface area contributed by atoms with Gasteiger partial charge in [0.05, 0.1) is 22.1 Å². The summed E-state index contributed by atoms with van der Waals surface area (Å²) in [5.41, 5.74) is 1.21. The Morgan fingerprint density at radius 2 is 1.79 bits per heavy atom. The van der Waals surface area contributed by atoms with Gasteiger partial charge >= 0.3 is 5.69 Å². The van der Waals surface area contributed by atoms with Crippen molar-refractivity contribution in [3.05, 3.63) is 104 Å². The second-order valence-electron chi connectivity index (χ2n) is 6.45.